The molecular formula is C16H23N3O3S. The van der Waals surface area contributed by atoms with Gasteiger partial charge >= 0.3 is 0 Å². The van der Waals surface area contributed by atoms with Crippen LogP contribution in [0.25, 0.3) is 0 Å². The third-order valence-electron chi connectivity index (χ3n) is 4.49. The van der Waals surface area contributed by atoms with Crippen LogP contribution in [0.5, 0.6) is 0 Å². The molecule has 1 atom stereocenters. The van der Waals surface area contributed by atoms with Crippen LogP contribution in [-0.4, -0.2) is 52.0 Å². The SMILES string of the molecule is O=C(Nc1cccc(N2CCS(=O)(=O)CC2)c1)C1CCCNC1. The number of amides is 1. The van der Waals surface area contributed by atoms with Crippen molar-refractivity contribution in [3.05, 3.63) is 24.3 Å². The lowest BCUT2D eigenvalue weighted by Gasteiger charge is -2.29. The predicted octanol–water partition coefficient (Wildman–Crippen LogP) is 0.859. The minimum atomic E-state index is -2.89. The van der Waals surface area contributed by atoms with E-state index in [-0.39, 0.29) is 23.3 Å². The summed E-state index contributed by atoms with van der Waals surface area (Å²) in [6.45, 7) is 2.73. The van der Waals surface area contributed by atoms with E-state index in [1.165, 1.54) is 0 Å². The summed E-state index contributed by atoms with van der Waals surface area (Å²) in [7, 11) is -2.89. The Balaban J connectivity index is 1.64. The van der Waals surface area contributed by atoms with Gasteiger partial charge < -0.3 is 15.5 Å². The molecule has 1 amide bonds. The Kier molecular flexibility index (Phi) is 4.87. The number of nitrogens with one attached hydrogen (secondary N) is 2. The number of carbonyl (C=O) groups is 1. The van der Waals surface area contributed by atoms with Gasteiger partial charge in [0.15, 0.2) is 9.84 Å². The molecule has 0 spiro atoms. The van der Waals surface area contributed by atoms with Crippen LogP contribution in [0, 0.1) is 5.92 Å². The van der Waals surface area contributed by atoms with E-state index in [0.29, 0.717) is 13.1 Å². The highest BCUT2D eigenvalue weighted by Crippen LogP contribution is 2.22. The summed E-state index contributed by atoms with van der Waals surface area (Å²) < 4.78 is 23.1. The second kappa shape index (κ2) is 6.88. The van der Waals surface area contributed by atoms with Crippen molar-refractivity contribution in [1.82, 2.24) is 5.32 Å². The van der Waals surface area contributed by atoms with Gasteiger partial charge in [0.05, 0.1) is 17.4 Å². The van der Waals surface area contributed by atoms with Gasteiger partial charge in [0, 0.05) is 31.0 Å². The van der Waals surface area contributed by atoms with Crippen molar-refractivity contribution in [2.75, 3.05) is 47.9 Å². The first-order valence-electron chi connectivity index (χ1n) is 8.10. The molecular weight excluding hydrogens is 314 g/mol. The van der Waals surface area contributed by atoms with Crippen LogP contribution in [0.15, 0.2) is 24.3 Å². The Hall–Kier alpha value is -1.60. The molecule has 1 aromatic carbocycles. The van der Waals surface area contributed by atoms with E-state index in [0.717, 1.165) is 37.3 Å². The Morgan fingerprint density at radius 3 is 2.74 bits per heavy atom. The van der Waals surface area contributed by atoms with Crippen LogP contribution in [-0.2, 0) is 14.6 Å². The average molecular weight is 337 g/mol. The molecule has 7 heteroatoms. The number of piperidine rings is 1. The van der Waals surface area contributed by atoms with E-state index in [1.807, 2.05) is 24.3 Å². The van der Waals surface area contributed by atoms with Crippen molar-refractivity contribution in [2.24, 2.45) is 5.92 Å². The minimum Gasteiger partial charge on any atom is -0.369 e. The standard InChI is InChI=1S/C16H23N3O3S/c20-16(13-3-2-6-17-12-13)18-14-4-1-5-15(11-14)19-7-9-23(21,22)10-8-19/h1,4-5,11,13,17H,2-3,6-10,12H2,(H,18,20). The minimum absolute atomic E-state index is 0.0209. The normalized spacial score (nSPS) is 24.2. The van der Waals surface area contributed by atoms with E-state index in [1.54, 1.807) is 0 Å². The molecule has 0 saturated carbocycles. The van der Waals surface area contributed by atoms with Crippen LogP contribution in [0.4, 0.5) is 11.4 Å². The summed E-state index contributed by atoms with van der Waals surface area (Å²) in [4.78, 5) is 14.4. The number of nitrogens with zero attached hydrogens (tertiary/aromatic N) is 1. The van der Waals surface area contributed by atoms with Crippen molar-refractivity contribution in [3.63, 3.8) is 0 Å². The molecule has 6 nitrogen and oxygen atoms in total. The van der Waals surface area contributed by atoms with Gasteiger partial charge in [-0.1, -0.05) is 6.07 Å². The molecule has 2 aliphatic rings. The number of hydrogen-bond donors (Lipinski definition) is 2. The van der Waals surface area contributed by atoms with Crippen LogP contribution >= 0.6 is 0 Å². The molecule has 1 unspecified atom stereocenters. The Labute approximate surface area is 137 Å². The lowest BCUT2D eigenvalue weighted by molar-refractivity contribution is -0.120. The quantitative estimate of drug-likeness (QED) is 0.855. The maximum absolute atomic E-state index is 12.3. The maximum Gasteiger partial charge on any atom is 0.228 e. The van der Waals surface area contributed by atoms with Crippen LogP contribution in [0.3, 0.4) is 0 Å². The second-order valence-corrected chi connectivity index (χ2v) is 8.53. The fraction of sp³-hybridized carbons (Fsp3) is 0.562. The van der Waals surface area contributed by atoms with Crippen molar-refractivity contribution in [1.29, 1.82) is 0 Å². The number of sulfone groups is 1. The monoisotopic (exact) mass is 337 g/mol. The maximum atomic E-state index is 12.3. The summed E-state index contributed by atoms with van der Waals surface area (Å²) in [6.07, 6.45) is 1.95. The zero-order valence-electron chi connectivity index (χ0n) is 13.1. The molecule has 23 heavy (non-hydrogen) atoms. The lowest BCUT2D eigenvalue weighted by atomic mass is 9.99. The molecule has 126 valence electrons. The molecule has 0 bridgehead atoms. The van der Waals surface area contributed by atoms with E-state index >= 15 is 0 Å². The van der Waals surface area contributed by atoms with Crippen molar-refractivity contribution < 1.29 is 13.2 Å². The fourth-order valence-electron chi connectivity index (χ4n) is 3.07. The molecule has 0 radical (unpaired) electrons. The molecule has 2 fully saturated rings. The van der Waals surface area contributed by atoms with E-state index < -0.39 is 9.84 Å². The molecule has 0 aromatic heterocycles. The molecule has 1 aromatic rings. The van der Waals surface area contributed by atoms with E-state index in [9.17, 15) is 13.2 Å². The number of benzene rings is 1. The summed E-state index contributed by atoms with van der Waals surface area (Å²) in [5.74, 6) is 0.456. The predicted molar refractivity (Wildman–Crippen MR) is 91.5 cm³/mol. The molecule has 0 aliphatic carbocycles. The molecule has 2 heterocycles. The first kappa shape index (κ1) is 16.3. The van der Waals surface area contributed by atoms with Gasteiger partial charge in [0.25, 0.3) is 0 Å². The van der Waals surface area contributed by atoms with Gasteiger partial charge in [-0.25, -0.2) is 8.42 Å². The van der Waals surface area contributed by atoms with Crippen molar-refractivity contribution >= 4 is 27.1 Å². The van der Waals surface area contributed by atoms with Crippen molar-refractivity contribution in [3.8, 4) is 0 Å². The molecule has 2 aliphatic heterocycles. The highest BCUT2D eigenvalue weighted by Gasteiger charge is 2.23. The number of anilines is 2. The van der Waals surface area contributed by atoms with Crippen LogP contribution in [0.1, 0.15) is 12.8 Å². The Morgan fingerprint density at radius 1 is 1.26 bits per heavy atom. The second-order valence-electron chi connectivity index (χ2n) is 6.22. The Bertz CT molecular complexity index is 655. The smallest absolute Gasteiger partial charge is 0.228 e. The zero-order chi connectivity index (χ0) is 16.3. The Morgan fingerprint density at radius 2 is 2.04 bits per heavy atom. The van der Waals surface area contributed by atoms with Gasteiger partial charge in [0.1, 0.15) is 0 Å². The summed E-state index contributed by atoms with van der Waals surface area (Å²) >= 11 is 0. The highest BCUT2D eigenvalue weighted by molar-refractivity contribution is 7.91. The van der Waals surface area contributed by atoms with E-state index in [4.69, 9.17) is 0 Å². The number of hydrogen-bond acceptors (Lipinski definition) is 5. The molecule has 3 rings (SSSR count). The summed E-state index contributed by atoms with van der Waals surface area (Å²) in [6, 6.07) is 7.65. The number of carbonyl (C=O) groups excluding carboxylic acids is 1. The average Bonchev–Trinajstić information content (AvgIpc) is 2.56. The largest absolute Gasteiger partial charge is 0.369 e. The zero-order valence-corrected chi connectivity index (χ0v) is 13.9. The fourth-order valence-corrected chi connectivity index (χ4v) is 4.27. The third kappa shape index (κ3) is 4.23. The third-order valence-corrected chi connectivity index (χ3v) is 6.10. The highest BCUT2D eigenvalue weighted by atomic mass is 32.2. The van der Waals surface area contributed by atoms with Gasteiger partial charge in [-0.2, -0.15) is 0 Å². The summed E-state index contributed by atoms with van der Waals surface area (Å²) in [5.41, 5.74) is 1.73. The van der Waals surface area contributed by atoms with Crippen LogP contribution < -0.4 is 15.5 Å². The summed E-state index contributed by atoms with van der Waals surface area (Å²) in [5, 5.41) is 6.23. The molecule has 2 N–H and O–H groups in total. The van der Waals surface area contributed by atoms with Gasteiger partial charge in [-0.3, -0.25) is 4.79 Å². The molecule has 2 saturated heterocycles. The topological polar surface area (TPSA) is 78.5 Å². The van der Waals surface area contributed by atoms with Gasteiger partial charge in [-0.05, 0) is 37.6 Å². The first-order chi connectivity index (χ1) is 11.0. The number of rotatable bonds is 3. The first-order valence-corrected chi connectivity index (χ1v) is 9.93. The lowest BCUT2D eigenvalue weighted by Crippen LogP contribution is -2.40. The van der Waals surface area contributed by atoms with Gasteiger partial charge in [0.2, 0.25) is 5.91 Å². The van der Waals surface area contributed by atoms with E-state index in [2.05, 4.69) is 15.5 Å². The van der Waals surface area contributed by atoms with Crippen molar-refractivity contribution in [2.45, 2.75) is 12.8 Å². The van der Waals surface area contributed by atoms with Gasteiger partial charge in [-0.15, -0.1) is 0 Å². The van der Waals surface area contributed by atoms with Crippen LogP contribution in [0.2, 0.25) is 0 Å².